The lowest BCUT2D eigenvalue weighted by atomic mass is 9.75. The molecule has 1 aliphatic heterocycles. The van der Waals surface area contributed by atoms with E-state index in [-0.39, 0.29) is 5.56 Å². The summed E-state index contributed by atoms with van der Waals surface area (Å²) in [7, 11) is -0.550. The molecule has 1 atom stereocenters. The number of aliphatic hydroxyl groups is 1. The number of alkyl halides is 3. The quantitative estimate of drug-likeness (QED) is 0.760. The number of aryl methyl sites for hydroxylation is 1. The first-order valence-corrected chi connectivity index (χ1v) is 9.52. The topological polar surface area (TPSA) is 38.7 Å². The molecule has 3 nitrogen and oxygen atoms in total. The van der Waals surface area contributed by atoms with Crippen LogP contribution < -0.4 is 5.46 Å². The van der Waals surface area contributed by atoms with Crippen molar-refractivity contribution >= 4 is 12.6 Å². The normalized spacial score (nSPS) is 20.6. The minimum Gasteiger partial charge on any atom is -0.399 e. The molecule has 29 heavy (non-hydrogen) atoms. The summed E-state index contributed by atoms with van der Waals surface area (Å²) < 4.78 is 51.4. The third-order valence-corrected chi connectivity index (χ3v) is 6.05. The Morgan fingerprint density at radius 2 is 1.45 bits per heavy atom. The van der Waals surface area contributed by atoms with Crippen molar-refractivity contribution in [2.75, 3.05) is 0 Å². The van der Waals surface area contributed by atoms with Crippen molar-refractivity contribution in [3.63, 3.8) is 0 Å². The van der Waals surface area contributed by atoms with Gasteiger partial charge in [-0.2, -0.15) is 13.2 Å². The zero-order valence-corrected chi connectivity index (χ0v) is 17.5. The summed E-state index contributed by atoms with van der Waals surface area (Å²) >= 11 is 0. The first kappa shape index (κ1) is 21.9. The van der Waals surface area contributed by atoms with Gasteiger partial charge in [0.2, 0.25) is 0 Å². The van der Waals surface area contributed by atoms with Crippen LogP contribution in [0.5, 0.6) is 0 Å². The van der Waals surface area contributed by atoms with Gasteiger partial charge in [-0.25, -0.2) is 0 Å². The molecule has 1 aliphatic rings. The lowest BCUT2D eigenvalue weighted by molar-refractivity contribution is -0.137. The molecule has 1 N–H and O–H groups in total. The highest BCUT2D eigenvalue weighted by Crippen LogP contribution is 2.38. The monoisotopic (exact) mass is 406 g/mol. The molecule has 2 aromatic carbocycles. The maximum Gasteiger partial charge on any atom is 0.494 e. The fraction of sp³-hybridized carbons (Fsp3) is 0.455. The number of hydrogen-bond acceptors (Lipinski definition) is 3. The van der Waals surface area contributed by atoms with Crippen molar-refractivity contribution in [3.8, 4) is 0 Å². The van der Waals surface area contributed by atoms with Crippen LogP contribution in [0.3, 0.4) is 0 Å². The third-order valence-electron chi connectivity index (χ3n) is 6.05. The molecule has 2 aromatic rings. The Morgan fingerprint density at radius 3 is 1.97 bits per heavy atom. The van der Waals surface area contributed by atoms with Gasteiger partial charge in [0.05, 0.1) is 16.8 Å². The van der Waals surface area contributed by atoms with E-state index >= 15 is 0 Å². The van der Waals surface area contributed by atoms with Crippen LogP contribution in [0.4, 0.5) is 13.2 Å². The third kappa shape index (κ3) is 3.96. The Hall–Kier alpha value is -1.83. The van der Waals surface area contributed by atoms with Crippen LogP contribution in [0.25, 0.3) is 0 Å². The number of rotatable bonds is 3. The van der Waals surface area contributed by atoms with Crippen molar-refractivity contribution in [2.45, 2.75) is 64.5 Å². The molecule has 0 aromatic heterocycles. The van der Waals surface area contributed by atoms with E-state index < -0.39 is 35.7 Å². The molecule has 0 spiro atoms. The van der Waals surface area contributed by atoms with Crippen molar-refractivity contribution in [3.05, 3.63) is 64.7 Å². The maximum absolute atomic E-state index is 13.1. The van der Waals surface area contributed by atoms with Crippen LogP contribution in [0.1, 0.15) is 56.9 Å². The van der Waals surface area contributed by atoms with E-state index in [4.69, 9.17) is 9.31 Å². The Labute approximate surface area is 170 Å². The molecular formula is C22H26BF3O3. The molecule has 156 valence electrons. The summed E-state index contributed by atoms with van der Waals surface area (Å²) in [6.07, 6.45) is -4.47. The molecule has 0 aliphatic carbocycles. The number of benzene rings is 2. The fourth-order valence-electron chi connectivity index (χ4n) is 3.51. The predicted molar refractivity (Wildman–Crippen MR) is 107 cm³/mol. The molecule has 0 bridgehead atoms. The van der Waals surface area contributed by atoms with Gasteiger partial charge in [-0.05, 0) is 75.8 Å². The van der Waals surface area contributed by atoms with E-state index in [1.807, 2.05) is 40.7 Å². The van der Waals surface area contributed by atoms with Crippen molar-refractivity contribution in [1.29, 1.82) is 0 Å². The molecule has 0 saturated carbocycles. The van der Waals surface area contributed by atoms with Gasteiger partial charge in [0, 0.05) is 0 Å². The predicted octanol–water partition coefficient (Wildman–Crippen LogP) is 4.57. The zero-order chi connectivity index (χ0) is 21.8. The van der Waals surface area contributed by atoms with Crippen LogP contribution in [0.2, 0.25) is 0 Å². The van der Waals surface area contributed by atoms with Crippen molar-refractivity contribution in [2.24, 2.45) is 0 Å². The molecule has 1 saturated heterocycles. The van der Waals surface area contributed by atoms with Gasteiger partial charge < -0.3 is 14.4 Å². The molecule has 0 radical (unpaired) electrons. The van der Waals surface area contributed by atoms with E-state index in [1.54, 1.807) is 12.1 Å². The smallest absolute Gasteiger partial charge is 0.399 e. The summed E-state index contributed by atoms with van der Waals surface area (Å²) in [5.74, 6) is 0. The van der Waals surface area contributed by atoms with E-state index in [0.29, 0.717) is 5.56 Å². The maximum atomic E-state index is 13.1. The SMILES string of the molecule is Cc1cc(B2OC(C)(C)C(C)(C)O2)ccc1C(C)(O)c1cccc(C(F)(F)F)c1. The highest BCUT2D eigenvalue weighted by Gasteiger charge is 2.51. The van der Waals surface area contributed by atoms with E-state index in [2.05, 4.69) is 0 Å². The Balaban J connectivity index is 1.95. The van der Waals surface area contributed by atoms with Gasteiger partial charge >= 0.3 is 13.3 Å². The van der Waals surface area contributed by atoms with Gasteiger partial charge in [0.1, 0.15) is 5.60 Å². The Morgan fingerprint density at radius 1 is 0.897 bits per heavy atom. The summed E-state index contributed by atoms with van der Waals surface area (Å²) in [5.41, 5.74) is -1.09. The van der Waals surface area contributed by atoms with Crippen LogP contribution in [-0.2, 0) is 21.1 Å². The van der Waals surface area contributed by atoms with Crippen LogP contribution >= 0.6 is 0 Å². The first-order valence-electron chi connectivity index (χ1n) is 9.52. The van der Waals surface area contributed by atoms with Gasteiger partial charge in [-0.3, -0.25) is 0 Å². The zero-order valence-electron chi connectivity index (χ0n) is 17.5. The largest absolute Gasteiger partial charge is 0.494 e. The lowest BCUT2D eigenvalue weighted by Crippen LogP contribution is -2.41. The molecule has 1 unspecified atom stereocenters. The second kappa shape index (κ2) is 6.86. The standard InChI is InChI=1S/C22H26BF3O3/c1-14-12-17(23-28-19(2,3)20(4,5)29-23)10-11-18(14)21(6,27)15-8-7-9-16(13-15)22(24,25)26/h7-13,27H,1-6H3. The summed E-state index contributed by atoms with van der Waals surface area (Å²) in [4.78, 5) is 0. The van der Waals surface area contributed by atoms with Crippen molar-refractivity contribution in [1.82, 2.24) is 0 Å². The molecule has 0 amide bonds. The molecule has 7 heteroatoms. The Kier molecular flexibility index (Phi) is 5.17. The Bertz CT molecular complexity index is 904. The number of hydrogen-bond donors (Lipinski definition) is 1. The average Bonchev–Trinajstić information content (AvgIpc) is 2.81. The average molecular weight is 406 g/mol. The van der Waals surface area contributed by atoms with Crippen LogP contribution in [-0.4, -0.2) is 23.4 Å². The van der Waals surface area contributed by atoms with Gasteiger partial charge in [0.25, 0.3) is 0 Å². The highest BCUT2D eigenvalue weighted by atomic mass is 19.4. The van der Waals surface area contributed by atoms with E-state index in [1.165, 1.54) is 19.1 Å². The summed E-state index contributed by atoms with van der Waals surface area (Å²) in [6, 6.07) is 10.1. The molecule has 1 heterocycles. The number of halogens is 3. The lowest BCUT2D eigenvalue weighted by Gasteiger charge is -2.32. The van der Waals surface area contributed by atoms with Gasteiger partial charge in [0.15, 0.2) is 0 Å². The van der Waals surface area contributed by atoms with E-state index in [9.17, 15) is 18.3 Å². The highest BCUT2D eigenvalue weighted by molar-refractivity contribution is 6.62. The van der Waals surface area contributed by atoms with Gasteiger partial charge in [-0.1, -0.05) is 30.3 Å². The molecule has 1 fully saturated rings. The van der Waals surface area contributed by atoms with Crippen molar-refractivity contribution < 1.29 is 27.6 Å². The minimum atomic E-state index is -4.47. The fourth-order valence-corrected chi connectivity index (χ4v) is 3.51. The first-order chi connectivity index (χ1) is 13.1. The molecular weight excluding hydrogens is 380 g/mol. The second-order valence-corrected chi connectivity index (χ2v) is 8.81. The molecule has 3 rings (SSSR count). The van der Waals surface area contributed by atoms with E-state index in [0.717, 1.165) is 23.2 Å². The second-order valence-electron chi connectivity index (χ2n) is 8.81. The summed E-state index contributed by atoms with van der Waals surface area (Å²) in [5, 5.41) is 11.1. The van der Waals surface area contributed by atoms with Gasteiger partial charge in [-0.15, -0.1) is 0 Å². The minimum absolute atomic E-state index is 0.179. The van der Waals surface area contributed by atoms with Crippen LogP contribution in [0.15, 0.2) is 42.5 Å². The van der Waals surface area contributed by atoms with Crippen LogP contribution in [0, 0.1) is 6.92 Å². The summed E-state index contributed by atoms with van der Waals surface area (Å²) in [6.45, 7) is 11.2.